The average Bonchev–Trinajstić information content (AvgIpc) is 3.50. The van der Waals surface area contributed by atoms with E-state index in [4.69, 9.17) is 0 Å². The van der Waals surface area contributed by atoms with Crippen LogP contribution in [-0.2, 0) is 17.9 Å². The van der Waals surface area contributed by atoms with Crippen LogP contribution in [0, 0.1) is 5.82 Å². The van der Waals surface area contributed by atoms with E-state index in [2.05, 4.69) is 26.9 Å². The van der Waals surface area contributed by atoms with Gasteiger partial charge in [0.2, 0.25) is 5.91 Å². The number of carbonyl (C=O) groups excluding carboxylic acids is 1. The van der Waals surface area contributed by atoms with Crippen molar-refractivity contribution in [2.75, 3.05) is 12.8 Å². The molecule has 0 atom stereocenters. The summed E-state index contributed by atoms with van der Waals surface area (Å²) in [7, 11) is 1.76. The Bertz CT molecular complexity index is 970. The highest BCUT2D eigenvalue weighted by atomic mass is 32.2. The lowest BCUT2D eigenvalue weighted by atomic mass is 10.2. The lowest BCUT2D eigenvalue weighted by Gasteiger charge is -2.17. The van der Waals surface area contributed by atoms with Crippen LogP contribution in [0.3, 0.4) is 0 Å². The normalized spacial score (nSPS) is 13.4. The first-order valence-electron chi connectivity index (χ1n) is 9.68. The summed E-state index contributed by atoms with van der Waals surface area (Å²) in [5.74, 6) is 1.51. The van der Waals surface area contributed by atoms with Gasteiger partial charge in [-0.3, -0.25) is 4.79 Å². The molecule has 5 nitrogen and oxygen atoms in total. The van der Waals surface area contributed by atoms with Gasteiger partial charge in [-0.05, 0) is 36.1 Å². The van der Waals surface area contributed by atoms with E-state index in [0.717, 1.165) is 29.4 Å². The molecule has 1 aliphatic carbocycles. The largest absolute Gasteiger partial charge is 0.341 e. The third kappa shape index (κ3) is 5.03. The van der Waals surface area contributed by atoms with Gasteiger partial charge in [-0.25, -0.2) is 4.39 Å². The Kier molecular flexibility index (Phi) is 5.94. The Morgan fingerprint density at radius 3 is 2.52 bits per heavy atom. The molecule has 0 spiro atoms. The molecule has 3 aromatic rings. The summed E-state index contributed by atoms with van der Waals surface area (Å²) >= 11 is 1.42. The fourth-order valence-electron chi connectivity index (χ4n) is 3.15. The van der Waals surface area contributed by atoms with Crippen LogP contribution in [0.2, 0.25) is 0 Å². The van der Waals surface area contributed by atoms with Gasteiger partial charge < -0.3 is 9.47 Å². The minimum Gasteiger partial charge on any atom is -0.341 e. The summed E-state index contributed by atoms with van der Waals surface area (Å²) in [6, 6.07) is 16.5. The predicted molar refractivity (Wildman–Crippen MR) is 111 cm³/mol. The number of rotatable bonds is 8. The maximum absolute atomic E-state index is 13.0. The van der Waals surface area contributed by atoms with Crippen molar-refractivity contribution < 1.29 is 9.18 Å². The monoisotopic (exact) mass is 410 g/mol. The van der Waals surface area contributed by atoms with E-state index in [1.165, 1.54) is 29.5 Å². The number of carbonyl (C=O) groups is 1. The molecule has 0 unspecified atom stereocenters. The van der Waals surface area contributed by atoms with Crippen molar-refractivity contribution in [1.82, 2.24) is 19.7 Å². The lowest BCUT2D eigenvalue weighted by molar-refractivity contribution is -0.127. The summed E-state index contributed by atoms with van der Waals surface area (Å²) in [4.78, 5) is 14.2. The van der Waals surface area contributed by atoms with Crippen molar-refractivity contribution >= 4 is 17.7 Å². The van der Waals surface area contributed by atoms with Crippen LogP contribution in [0.1, 0.15) is 35.7 Å². The van der Waals surface area contributed by atoms with Crippen LogP contribution in [0.5, 0.6) is 0 Å². The summed E-state index contributed by atoms with van der Waals surface area (Å²) in [6.07, 6.45) is 2.30. The second-order valence-corrected chi connectivity index (χ2v) is 8.29. The van der Waals surface area contributed by atoms with Crippen molar-refractivity contribution in [3.8, 4) is 0 Å². The molecule has 29 heavy (non-hydrogen) atoms. The quantitative estimate of drug-likeness (QED) is 0.525. The topological polar surface area (TPSA) is 51.0 Å². The summed E-state index contributed by atoms with van der Waals surface area (Å²) in [5, 5.41) is 9.54. The SMILES string of the molecule is CN(Cc1ccc(F)cc1)C(=O)CSc1nnc(C2CC2)n1Cc1ccccc1. The molecule has 7 heteroatoms. The number of halogens is 1. The zero-order valence-electron chi connectivity index (χ0n) is 16.3. The Labute approximate surface area is 173 Å². The molecule has 1 amide bonds. The van der Waals surface area contributed by atoms with E-state index < -0.39 is 0 Å². The molecule has 1 aromatic heterocycles. The highest BCUT2D eigenvalue weighted by Crippen LogP contribution is 2.40. The Balaban J connectivity index is 1.41. The molecule has 1 saturated carbocycles. The fourth-order valence-corrected chi connectivity index (χ4v) is 4.04. The molecule has 0 saturated heterocycles. The summed E-state index contributed by atoms with van der Waals surface area (Å²) in [5.41, 5.74) is 2.09. The molecule has 1 heterocycles. The number of nitrogens with zero attached hydrogens (tertiary/aromatic N) is 4. The van der Waals surface area contributed by atoms with Gasteiger partial charge in [0.1, 0.15) is 11.6 Å². The molecule has 1 aliphatic rings. The van der Waals surface area contributed by atoms with Crippen LogP contribution in [0.15, 0.2) is 59.8 Å². The van der Waals surface area contributed by atoms with Gasteiger partial charge in [0.05, 0.1) is 12.3 Å². The molecule has 0 N–H and O–H groups in total. The molecule has 0 bridgehead atoms. The Morgan fingerprint density at radius 2 is 1.83 bits per heavy atom. The van der Waals surface area contributed by atoms with E-state index >= 15 is 0 Å². The van der Waals surface area contributed by atoms with Crippen molar-refractivity contribution in [3.63, 3.8) is 0 Å². The fraction of sp³-hybridized carbons (Fsp3) is 0.318. The lowest BCUT2D eigenvalue weighted by Crippen LogP contribution is -2.28. The molecule has 4 rings (SSSR count). The number of amides is 1. The number of benzene rings is 2. The second-order valence-electron chi connectivity index (χ2n) is 7.35. The molecule has 2 aromatic carbocycles. The van der Waals surface area contributed by atoms with Gasteiger partial charge in [-0.2, -0.15) is 0 Å². The maximum atomic E-state index is 13.0. The standard InChI is InChI=1S/C22H23FN4OS/c1-26(13-17-7-11-19(23)12-8-17)20(28)15-29-22-25-24-21(18-9-10-18)27(22)14-16-5-3-2-4-6-16/h2-8,11-12,18H,9-10,13-15H2,1H3. The van der Waals surface area contributed by atoms with Crippen molar-refractivity contribution in [1.29, 1.82) is 0 Å². The molecular weight excluding hydrogens is 387 g/mol. The predicted octanol–water partition coefficient (Wildman–Crippen LogP) is 4.09. The number of hydrogen-bond donors (Lipinski definition) is 0. The first-order valence-corrected chi connectivity index (χ1v) is 10.7. The van der Waals surface area contributed by atoms with Gasteiger partial charge in [-0.15, -0.1) is 10.2 Å². The third-order valence-corrected chi connectivity index (χ3v) is 5.91. The number of hydrogen-bond acceptors (Lipinski definition) is 4. The first-order chi connectivity index (χ1) is 14.1. The molecule has 150 valence electrons. The highest BCUT2D eigenvalue weighted by molar-refractivity contribution is 7.99. The number of thioether (sulfide) groups is 1. The zero-order valence-corrected chi connectivity index (χ0v) is 17.1. The van der Waals surface area contributed by atoms with Gasteiger partial charge in [0.25, 0.3) is 0 Å². The molecule has 0 aliphatic heterocycles. The van der Waals surface area contributed by atoms with Crippen LogP contribution < -0.4 is 0 Å². The average molecular weight is 411 g/mol. The van der Waals surface area contributed by atoms with Crippen molar-refractivity contribution in [2.24, 2.45) is 0 Å². The first kappa shape index (κ1) is 19.6. The smallest absolute Gasteiger partial charge is 0.233 e. The zero-order chi connectivity index (χ0) is 20.2. The van der Waals surface area contributed by atoms with Gasteiger partial charge >= 0.3 is 0 Å². The minimum absolute atomic E-state index is 0.00144. The van der Waals surface area contributed by atoms with E-state index in [0.29, 0.717) is 19.0 Å². The molecular formula is C22H23FN4OS. The van der Waals surface area contributed by atoms with Gasteiger partial charge in [-0.1, -0.05) is 54.2 Å². The van der Waals surface area contributed by atoms with E-state index in [1.807, 2.05) is 18.2 Å². The van der Waals surface area contributed by atoms with Crippen LogP contribution in [0.25, 0.3) is 0 Å². The Hall–Kier alpha value is -2.67. The van der Waals surface area contributed by atoms with Crippen LogP contribution in [-0.4, -0.2) is 38.4 Å². The van der Waals surface area contributed by atoms with Gasteiger partial charge in [0, 0.05) is 19.5 Å². The maximum Gasteiger partial charge on any atom is 0.233 e. The highest BCUT2D eigenvalue weighted by Gasteiger charge is 2.30. The second kappa shape index (κ2) is 8.78. The molecule has 1 fully saturated rings. The summed E-state index contributed by atoms with van der Waals surface area (Å²) < 4.78 is 15.2. The van der Waals surface area contributed by atoms with Crippen LogP contribution >= 0.6 is 11.8 Å². The van der Waals surface area contributed by atoms with Crippen molar-refractivity contribution in [3.05, 3.63) is 77.4 Å². The van der Waals surface area contributed by atoms with Crippen LogP contribution in [0.4, 0.5) is 4.39 Å². The summed E-state index contributed by atoms with van der Waals surface area (Å²) in [6.45, 7) is 1.16. The van der Waals surface area contributed by atoms with Crippen molar-refractivity contribution in [2.45, 2.75) is 37.0 Å². The third-order valence-electron chi connectivity index (χ3n) is 4.95. The molecule has 0 radical (unpaired) electrons. The van der Waals surface area contributed by atoms with E-state index in [-0.39, 0.29) is 17.5 Å². The minimum atomic E-state index is -0.275. The van der Waals surface area contributed by atoms with E-state index in [9.17, 15) is 9.18 Å². The van der Waals surface area contributed by atoms with Gasteiger partial charge in [0.15, 0.2) is 5.16 Å². The number of aromatic nitrogens is 3. The van der Waals surface area contributed by atoms with E-state index in [1.54, 1.807) is 24.1 Å². The Morgan fingerprint density at radius 1 is 1.10 bits per heavy atom.